The number of aliphatic carboxylic acids is 1. The van der Waals surface area contributed by atoms with Crippen molar-refractivity contribution in [1.82, 2.24) is 0 Å². The van der Waals surface area contributed by atoms with E-state index in [0.717, 1.165) is 11.1 Å². The molecule has 0 radical (unpaired) electrons. The SMILES string of the molecule is [NH3+]Cc1cccc(C[C@@H]([NH3+])C(=O)[O-])c1. The molecule has 0 amide bonds. The van der Waals surface area contributed by atoms with Crippen LogP contribution in [0.3, 0.4) is 0 Å². The Balaban J connectivity index is 2.71. The number of carbonyl (C=O) groups is 1. The number of quaternary nitrogens is 2. The molecule has 6 N–H and O–H groups in total. The standard InChI is InChI=1S/C10H14N2O2/c11-6-8-3-1-2-7(4-8)5-9(12)10(13)14/h1-4,9H,5-6,11-12H2,(H,13,14)/p+1/t9-/m1/s1. The van der Waals surface area contributed by atoms with Crippen LogP contribution < -0.4 is 16.6 Å². The van der Waals surface area contributed by atoms with E-state index in [-0.39, 0.29) is 0 Å². The molecular formula is C10H15N2O2+. The van der Waals surface area contributed by atoms with Crippen molar-refractivity contribution in [3.8, 4) is 0 Å². The van der Waals surface area contributed by atoms with E-state index in [4.69, 9.17) is 0 Å². The van der Waals surface area contributed by atoms with E-state index in [1.54, 1.807) is 0 Å². The van der Waals surface area contributed by atoms with Gasteiger partial charge in [-0.3, -0.25) is 0 Å². The van der Waals surface area contributed by atoms with Crippen LogP contribution in [0.1, 0.15) is 11.1 Å². The molecule has 0 fully saturated rings. The maximum absolute atomic E-state index is 10.5. The van der Waals surface area contributed by atoms with Crippen LogP contribution >= 0.6 is 0 Å². The smallest absolute Gasteiger partial charge is 0.129 e. The van der Waals surface area contributed by atoms with Crippen LogP contribution in [0.5, 0.6) is 0 Å². The van der Waals surface area contributed by atoms with E-state index in [1.165, 1.54) is 0 Å². The van der Waals surface area contributed by atoms with Gasteiger partial charge in [-0.15, -0.1) is 0 Å². The first-order valence-electron chi connectivity index (χ1n) is 4.54. The van der Waals surface area contributed by atoms with Gasteiger partial charge in [0.15, 0.2) is 0 Å². The summed E-state index contributed by atoms with van der Waals surface area (Å²) in [7, 11) is 0. The summed E-state index contributed by atoms with van der Waals surface area (Å²) in [4.78, 5) is 10.5. The van der Waals surface area contributed by atoms with Crippen LogP contribution in [0, 0.1) is 0 Å². The first kappa shape index (κ1) is 10.7. The fourth-order valence-electron chi connectivity index (χ4n) is 1.28. The minimum absolute atomic E-state index is 0.413. The maximum Gasteiger partial charge on any atom is 0.129 e. The molecule has 1 rings (SSSR count). The molecule has 1 aromatic rings. The Labute approximate surface area is 82.5 Å². The van der Waals surface area contributed by atoms with Crippen LogP contribution in [0.4, 0.5) is 0 Å². The number of hydrogen-bond acceptors (Lipinski definition) is 2. The van der Waals surface area contributed by atoms with Gasteiger partial charge in [-0.2, -0.15) is 0 Å². The topological polar surface area (TPSA) is 95.4 Å². The molecule has 0 aliphatic rings. The Morgan fingerprint density at radius 1 is 1.43 bits per heavy atom. The number of benzene rings is 1. The second kappa shape index (κ2) is 4.74. The highest BCUT2D eigenvalue weighted by Crippen LogP contribution is 2.05. The van der Waals surface area contributed by atoms with E-state index in [0.29, 0.717) is 13.0 Å². The van der Waals surface area contributed by atoms with Gasteiger partial charge < -0.3 is 21.4 Å². The van der Waals surface area contributed by atoms with Crippen molar-refractivity contribution in [2.24, 2.45) is 0 Å². The van der Waals surface area contributed by atoms with E-state index < -0.39 is 12.0 Å². The molecule has 0 unspecified atom stereocenters. The lowest BCUT2D eigenvalue weighted by atomic mass is 10.0. The average Bonchev–Trinajstić information content (AvgIpc) is 2.18. The van der Waals surface area contributed by atoms with Gasteiger partial charge in [-0.05, 0) is 11.6 Å². The minimum Gasteiger partial charge on any atom is -0.544 e. The number of hydrogen-bond donors (Lipinski definition) is 2. The molecule has 0 spiro atoms. The van der Waals surface area contributed by atoms with E-state index in [1.807, 2.05) is 24.3 Å². The van der Waals surface area contributed by atoms with Crippen molar-refractivity contribution in [2.45, 2.75) is 19.0 Å². The van der Waals surface area contributed by atoms with Crippen molar-refractivity contribution in [2.75, 3.05) is 0 Å². The molecule has 1 aromatic carbocycles. The van der Waals surface area contributed by atoms with Gasteiger partial charge in [0.05, 0.1) is 12.5 Å². The first-order valence-corrected chi connectivity index (χ1v) is 4.54. The lowest BCUT2D eigenvalue weighted by Crippen LogP contribution is -2.69. The van der Waals surface area contributed by atoms with Gasteiger partial charge in [0.1, 0.15) is 6.04 Å². The minimum atomic E-state index is -1.11. The average molecular weight is 195 g/mol. The molecule has 4 heteroatoms. The van der Waals surface area contributed by atoms with Crippen LogP contribution in [0.15, 0.2) is 24.3 Å². The van der Waals surface area contributed by atoms with Crippen molar-refractivity contribution in [1.29, 1.82) is 0 Å². The van der Waals surface area contributed by atoms with Gasteiger partial charge >= 0.3 is 0 Å². The van der Waals surface area contributed by atoms with E-state index >= 15 is 0 Å². The zero-order valence-corrected chi connectivity index (χ0v) is 8.03. The largest absolute Gasteiger partial charge is 0.544 e. The van der Waals surface area contributed by atoms with Crippen LogP contribution in [-0.4, -0.2) is 12.0 Å². The highest BCUT2D eigenvalue weighted by molar-refractivity contribution is 5.69. The summed E-state index contributed by atoms with van der Waals surface area (Å²) < 4.78 is 0. The molecule has 0 aromatic heterocycles. The molecule has 14 heavy (non-hydrogen) atoms. The Bertz CT molecular complexity index is 326. The summed E-state index contributed by atoms with van der Waals surface area (Å²) in [5, 5.41) is 10.5. The monoisotopic (exact) mass is 195 g/mol. The second-order valence-corrected chi connectivity index (χ2v) is 3.29. The zero-order chi connectivity index (χ0) is 10.6. The molecule has 0 aliphatic carbocycles. The fourth-order valence-corrected chi connectivity index (χ4v) is 1.28. The maximum atomic E-state index is 10.5. The second-order valence-electron chi connectivity index (χ2n) is 3.29. The Kier molecular flexibility index (Phi) is 3.62. The number of rotatable bonds is 4. The summed E-state index contributed by atoms with van der Waals surface area (Å²) in [6.07, 6.45) is 0.413. The predicted molar refractivity (Wildman–Crippen MR) is 48.4 cm³/mol. The number of carboxylic acid groups (broad SMARTS) is 1. The molecule has 4 nitrogen and oxygen atoms in total. The molecule has 0 bridgehead atoms. The zero-order valence-electron chi connectivity index (χ0n) is 8.03. The van der Waals surface area contributed by atoms with Gasteiger partial charge in [-0.25, -0.2) is 0 Å². The summed E-state index contributed by atoms with van der Waals surface area (Å²) >= 11 is 0. The predicted octanol–water partition coefficient (Wildman–Crippen LogP) is -2.67. The van der Waals surface area contributed by atoms with Gasteiger partial charge in [0.2, 0.25) is 0 Å². The van der Waals surface area contributed by atoms with Crippen molar-refractivity contribution in [3.05, 3.63) is 35.4 Å². The quantitative estimate of drug-likeness (QED) is 0.548. The van der Waals surface area contributed by atoms with Gasteiger partial charge in [0, 0.05) is 12.0 Å². The summed E-state index contributed by atoms with van der Waals surface area (Å²) in [5.74, 6) is -1.11. The van der Waals surface area contributed by atoms with E-state index in [2.05, 4.69) is 11.5 Å². The van der Waals surface area contributed by atoms with Crippen molar-refractivity contribution in [3.63, 3.8) is 0 Å². The van der Waals surface area contributed by atoms with E-state index in [9.17, 15) is 9.90 Å². The number of carboxylic acids is 1. The lowest BCUT2D eigenvalue weighted by Gasteiger charge is -2.09. The third-order valence-corrected chi connectivity index (χ3v) is 2.10. The van der Waals surface area contributed by atoms with Crippen LogP contribution in [-0.2, 0) is 17.8 Å². The molecular weight excluding hydrogens is 180 g/mol. The van der Waals surface area contributed by atoms with Gasteiger partial charge in [0.25, 0.3) is 0 Å². The van der Waals surface area contributed by atoms with Crippen LogP contribution in [0.2, 0.25) is 0 Å². The Morgan fingerprint density at radius 2 is 2.07 bits per heavy atom. The first-order chi connectivity index (χ1) is 6.63. The molecule has 1 atom stereocenters. The highest BCUT2D eigenvalue weighted by atomic mass is 16.4. The Hall–Kier alpha value is -1.39. The van der Waals surface area contributed by atoms with Crippen molar-refractivity contribution >= 4 is 5.97 Å². The fraction of sp³-hybridized carbons (Fsp3) is 0.300. The number of carbonyl (C=O) groups excluding carboxylic acids is 1. The molecule has 76 valence electrons. The highest BCUT2D eigenvalue weighted by Gasteiger charge is 2.08. The molecule has 0 heterocycles. The third-order valence-electron chi connectivity index (χ3n) is 2.10. The summed E-state index contributed by atoms with van der Waals surface area (Å²) in [6, 6.07) is 7.02. The molecule has 0 saturated carbocycles. The molecule has 0 aliphatic heterocycles. The third kappa shape index (κ3) is 2.83. The van der Waals surface area contributed by atoms with Crippen LogP contribution in [0.25, 0.3) is 0 Å². The summed E-state index contributed by atoms with van der Waals surface area (Å²) in [6.45, 7) is 0.709. The lowest BCUT2D eigenvalue weighted by molar-refractivity contribution is -0.437. The normalized spacial score (nSPS) is 12.4. The Morgan fingerprint density at radius 3 is 2.64 bits per heavy atom. The molecule has 0 saturated heterocycles. The van der Waals surface area contributed by atoms with Crippen molar-refractivity contribution < 1.29 is 21.4 Å². The summed E-state index contributed by atoms with van der Waals surface area (Å²) in [5.41, 5.74) is 9.35. The van der Waals surface area contributed by atoms with Gasteiger partial charge in [-0.1, -0.05) is 18.2 Å².